The van der Waals surface area contributed by atoms with E-state index in [1.54, 1.807) is 0 Å². The Labute approximate surface area is 168 Å². The van der Waals surface area contributed by atoms with Crippen LogP contribution in [0.5, 0.6) is 0 Å². The third kappa shape index (κ3) is 3.54. The molecule has 5 heteroatoms. The van der Waals surface area contributed by atoms with E-state index in [-0.39, 0.29) is 0 Å². The zero-order valence-corrected chi connectivity index (χ0v) is 17.2. The highest BCUT2D eigenvalue weighted by Gasteiger charge is 2.48. The van der Waals surface area contributed by atoms with E-state index in [9.17, 15) is 8.42 Å². The molecule has 0 radical (unpaired) electrons. The summed E-state index contributed by atoms with van der Waals surface area (Å²) in [5, 5.41) is 3.37. The summed E-state index contributed by atoms with van der Waals surface area (Å²) in [6, 6.07) is 18.1. The molecular weight excluding hydrogens is 368 g/mol. The maximum Gasteiger partial charge on any atom is 0.242 e. The zero-order chi connectivity index (χ0) is 19.6. The van der Waals surface area contributed by atoms with Gasteiger partial charge in [-0.25, -0.2) is 13.1 Å². The van der Waals surface area contributed by atoms with Crippen molar-refractivity contribution < 1.29 is 8.42 Å². The van der Waals surface area contributed by atoms with Crippen LogP contribution >= 0.6 is 0 Å². The van der Waals surface area contributed by atoms with Crippen LogP contribution in [0.3, 0.4) is 0 Å². The van der Waals surface area contributed by atoms with Crippen molar-refractivity contribution in [1.82, 2.24) is 10.0 Å². The van der Waals surface area contributed by atoms with E-state index in [4.69, 9.17) is 0 Å². The minimum atomic E-state index is -3.52. The van der Waals surface area contributed by atoms with Crippen LogP contribution in [0.2, 0.25) is 0 Å². The first-order valence-electron chi connectivity index (χ1n) is 10.2. The quantitative estimate of drug-likeness (QED) is 0.792. The number of hydrogen-bond donors (Lipinski definition) is 2. The summed E-state index contributed by atoms with van der Waals surface area (Å²) in [7, 11) is -3.52. The molecule has 4 rings (SSSR count). The fraction of sp³-hybridized carbons (Fsp3) is 0.391. The molecule has 0 unspecified atom stereocenters. The van der Waals surface area contributed by atoms with Gasteiger partial charge in [-0.3, -0.25) is 0 Å². The summed E-state index contributed by atoms with van der Waals surface area (Å²) >= 11 is 0. The molecule has 1 saturated carbocycles. The van der Waals surface area contributed by atoms with E-state index in [1.807, 2.05) is 42.5 Å². The molecule has 1 fully saturated rings. The van der Waals surface area contributed by atoms with Crippen LogP contribution in [0.15, 0.2) is 60.2 Å². The molecule has 1 aliphatic heterocycles. The molecule has 1 aliphatic carbocycles. The first kappa shape index (κ1) is 19.4. The molecule has 2 aromatic carbocycles. The number of nitrogens with one attached hydrogen (secondary N) is 2. The molecule has 2 aliphatic rings. The normalized spacial score (nSPS) is 20.6. The number of likely N-dealkylation sites (N-methyl/N-ethyl adjacent to an activating group) is 1. The average Bonchev–Trinajstić information content (AvgIpc) is 2.93. The molecule has 0 aromatic heterocycles. The van der Waals surface area contributed by atoms with Crippen LogP contribution in [0.4, 0.5) is 0 Å². The molecule has 2 N–H and O–H groups in total. The van der Waals surface area contributed by atoms with E-state index >= 15 is 0 Å². The topological polar surface area (TPSA) is 58.2 Å². The van der Waals surface area contributed by atoms with Gasteiger partial charge in [0.2, 0.25) is 10.0 Å². The fourth-order valence-electron chi connectivity index (χ4n) is 4.58. The van der Waals surface area contributed by atoms with Gasteiger partial charge in [0.1, 0.15) is 0 Å². The minimum absolute atomic E-state index is 0.410. The Morgan fingerprint density at radius 3 is 2.14 bits per heavy atom. The SMILES string of the molecule is CCNCC1=C(c2ccc(-c3ccccc3)cc2)S(=O)(=O)NC12CCCCC2. The highest BCUT2D eigenvalue weighted by molar-refractivity contribution is 7.99. The van der Waals surface area contributed by atoms with Crippen LogP contribution in [-0.2, 0) is 10.0 Å². The van der Waals surface area contributed by atoms with Gasteiger partial charge in [0.15, 0.2) is 0 Å². The first-order chi connectivity index (χ1) is 13.6. The number of benzene rings is 2. The molecule has 28 heavy (non-hydrogen) atoms. The van der Waals surface area contributed by atoms with E-state index in [0.717, 1.165) is 54.5 Å². The summed E-state index contributed by atoms with van der Waals surface area (Å²) in [6.45, 7) is 3.48. The highest BCUT2D eigenvalue weighted by atomic mass is 32.2. The Morgan fingerprint density at radius 1 is 0.893 bits per heavy atom. The Kier molecular flexibility index (Phi) is 5.41. The second-order valence-electron chi connectivity index (χ2n) is 7.78. The molecule has 1 heterocycles. The summed E-state index contributed by atoms with van der Waals surface area (Å²) in [5.41, 5.74) is 3.61. The van der Waals surface area contributed by atoms with Crippen LogP contribution in [0, 0.1) is 0 Å². The smallest absolute Gasteiger partial charge is 0.242 e. The van der Waals surface area contributed by atoms with Gasteiger partial charge in [-0.1, -0.05) is 80.8 Å². The van der Waals surface area contributed by atoms with Crippen molar-refractivity contribution in [2.24, 2.45) is 0 Å². The standard InChI is InChI=1S/C23H28N2O2S/c1-2-24-17-21-22(28(26,27)25-23(21)15-7-4-8-16-23)20-13-11-19(12-14-20)18-9-5-3-6-10-18/h3,5-6,9-14,24-25H,2,4,7-8,15-17H2,1H3. The van der Waals surface area contributed by atoms with Gasteiger partial charge >= 0.3 is 0 Å². The lowest BCUT2D eigenvalue weighted by Gasteiger charge is -2.35. The van der Waals surface area contributed by atoms with Crippen LogP contribution in [-0.4, -0.2) is 27.0 Å². The first-order valence-corrected chi connectivity index (χ1v) is 11.7. The van der Waals surface area contributed by atoms with E-state index in [2.05, 4.69) is 29.1 Å². The Morgan fingerprint density at radius 2 is 1.50 bits per heavy atom. The molecule has 2 aromatic rings. The summed E-state index contributed by atoms with van der Waals surface area (Å²) < 4.78 is 29.4. The molecule has 1 spiro atoms. The second kappa shape index (κ2) is 7.82. The Balaban J connectivity index is 1.78. The van der Waals surface area contributed by atoms with E-state index in [0.29, 0.717) is 11.4 Å². The number of hydrogen-bond acceptors (Lipinski definition) is 3. The predicted octanol–water partition coefficient (Wildman–Crippen LogP) is 4.31. The van der Waals surface area contributed by atoms with Gasteiger partial charge in [-0.05, 0) is 41.6 Å². The molecule has 0 amide bonds. The van der Waals surface area contributed by atoms with Gasteiger partial charge < -0.3 is 5.32 Å². The Hall–Kier alpha value is -1.95. The number of sulfonamides is 1. The van der Waals surface area contributed by atoms with Crippen molar-refractivity contribution >= 4 is 14.9 Å². The summed E-state index contributed by atoms with van der Waals surface area (Å²) in [5.74, 6) is 0. The van der Waals surface area contributed by atoms with Gasteiger partial charge in [-0.15, -0.1) is 0 Å². The van der Waals surface area contributed by atoms with Crippen molar-refractivity contribution in [1.29, 1.82) is 0 Å². The van der Waals surface area contributed by atoms with Crippen LogP contribution in [0.1, 0.15) is 44.6 Å². The minimum Gasteiger partial charge on any atom is -0.313 e. The van der Waals surface area contributed by atoms with Gasteiger partial charge in [0, 0.05) is 6.54 Å². The van der Waals surface area contributed by atoms with Crippen LogP contribution in [0.25, 0.3) is 16.0 Å². The fourth-order valence-corrected chi connectivity index (χ4v) is 6.56. The number of rotatable bonds is 5. The lowest BCUT2D eigenvalue weighted by molar-refractivity contribution is 0.315. The maximum absolute atomic E-state index is 13.2. The molecule has 4 nitrogen and oxygen atoms in total. The van der Waals surface area contributed by atoms with Crippen LogP contribution < -0.4 is 10.0 Å². The molecule has 0 bridgehead atoms. The largest absolute Gasteiger partial charge is 0.313 e. The highest BCUT2D eigenvalue weighted by Crippen LogP contribution is 2.45. The summed E-state index contributed by atoms with van der Waals surface area (Å²) in [6.07, 6.45) is 5.09. The molecule has 0 atom stereocenters. The average molecular weight is 397 g/mol. The van der Waals surface area contributed by atoms with Crippen molar-refractivity contribution in [3.05, 3.63) is 65.7 Å². The van der Waals surface area contributed by atoms with Gasteiger partial charge in [0.25, 0.3) is 0 Å². The lowest BCUT2D eigenvalue weighted by atomic mass is 9.76. The molecular formula is C23H28N2O2S. The van der Waals surface area contributed by atoms with Gasteiger partial charge in [-0.2, -0.15) is 0 Å². The monoisotopic (exact) mass is 396 g/mol. The second-order valence-corrected chi connectivity index (χ2v) is 9.40. The predicted molar refractivity (Wildman–Crippen MR) is 115 cm³/mol. The third-order valence-electron chi connectivity index (χ3n) is 5.96. The molecule has 148 valence electrons. The lowest BCUT2D eigenvalue weighted by Crippen LogP contribution is -2.47. The zero-order valence-electron chi connectivity index (χ0n) is 16.4. The Bertz CT molecular complexity index is 957. The van der Waals surface area contributed by atoms with Crippen molar-refractivity contribution in [2.45, 2.75) is 44.6 Å². The summed E-state index contributed by atoms with van der Waals surface area (Å²) in [4.78, 5) is 0.481. The maximum atomic E-state index is 13.2. The van der Waals surface area contributed by atoms with Crippen molar-refractivity contribution in [3.8, 4) is 11.1 Å². The van der Waals surface area contributed by atoms with E-state index in [1.165, 1.54) is 6.42 Å². The molecule has 0 saturated heterocycles. The third-order valence-corrected chi connectivity index (χ3v) is 7.64. The van der Waals surface area contributed by atoms with Crippen molar-refractivity contribution in [2.75, 3.05) is 13.1 Å². The van der Waals surface area contributed by atoms with E-state index < -0.39 is 15.6 Å². The van der Waals surface area contributed by atoms with Crippen molar-refractivity contribution in [3.63, 3.8) is 0 Å². The van der Waals surface area contributed by atoms with Gasteiger partial charge in [0.05, 0.1) is 10.4 Å².